The molecule has 2 aliphatic rings. The summed E-state index contributed by atoms with van der Waals surface area (Å²) in [6, 6.07) is 0.340. The van der Waals surface area contributed by atoms with Gasteiger partial charge >= 0.3 is 0 Å². The quantitative estimate of drug-likeness (QED) is 0.408. The van der Waals surface area contributed by atoms with Gasteiger partial charge in [-0.3, -0.25) is 4.99 Å². The first kappa shape index (κ1) is 20.6. The molecule has 10 heteroatoms. The van der Waals surface area contributed by atoms with Gasteiger partial charge in [0.05, 0.1) is 11.9 Å². The minimum Gasteiger partial charge on any atom is -0.403 e. The number of fused-ring (bicyclic) bond motifs is 1. The summed E-state index contributed by atoms with van der Waals surface area (Å²) in [5.74, 6) is 2.33. The van der Waals surface area contributed by atoms with Gasteiger partial charge in [0.15, 0.2) is 10.9 Å². The van der Waals surface area contributed by atoms with Crippen molar-refractivity contribution in [3.63, 3.8) is 0 Å². The number of aromatic nitrogens is 2. The van der Waals surface area contributed by atoms with E-state index in [4.69, 9.17) is 29.6 Å². The highest BCUT2D eigenvalue weighted by atomic mass is 35.5. The molecule has 2 unspecified atom stereocenters. The van der Waals surface area contributed by atoms with Crippen LogP contribution in [0.25, 0.3) is 0 Å². The lowest BCUT2D eigenvalue weighted by Crippen LogP contribution is -2.39. The van der Waals surface area contributed by atoms with E-state index >= 15 is 0 Å². The van der Waals surface area contributed by atoms with Crippen LogP contribution >= 0.6 is 23.8 Å². The van der Waals surface area contributed by atoms with Crippen molar-refractivity contribution in [2.45, 2.75) is 25.8 Å². The Morgan fingerprint density at radius 2 is 2.14 bits per heavy atom. The third-order valence-electron chi connectivity index (χ3n) is 5.16. The molecule has 1 aliphatic carbocycles. The third-order valence-corrected chi connectivity index (χ3v) is 5.83. The fraction of sp³-hybridized carbons (Fsp3) is 0.556. The molecule has 152 valence electrons. The normalized spacial score (nSPS) is 24.5. The Labute approximate surface area is 176 Å². The topological polar surface area (TPSA) is 103 Å². The van der Waals surface area contributed by atoms with E-state index in [2.05, 4.69) is 42.7 Å². The zero-order valence-corrected chi connectivity index (χ0v) is 17.7. The number of hydrogen-bond donors (Lipinski definition) is 4. The molecule has 0 spiro atoms. The maximum absolute atomic E-state index is 6.31. The number of anilines is 2. The molecule has 28 heavy (non-hydrogen) atoms. The fourth-order valence-corrected chi connectivity index (χ4v) is 4.39. The van der Waals surface area contributed by atoms with Crippen LogP contribution in [0.15, 0.2) is 23.1 Å². The average molecular weight is 423 g/mol. The number of rotatable bonds is 6. The van der Waals surface area contributed by atoms with Crippen molar-refractivity contribution in [1.82, 2.24) is 20.2 Å². The lowest BCUT2D eigenvalue weighted by atomic mass is 10.0. The highest BCUT2D eigenvalue weighted by Gasteiger charge is 2.41. The Hall–Kier alpha value is -2.13. The summed E-state index contributed by atoms with van der Waals surface area (Å²) >= 11 is 11.8. The number of thiocarbonyl (C=S) groups is 1. The standard InChI is InChI=1S/C18H27ClN8S/c1-3-22-18(28)27-9-11-4-13(5-12(11)10-27)24-16-15(19)8-23-17(26-16)25-14(6-20)7-21-2/h6-8,11-13H,3-5,9-10,20H2,1-2H3,(H,22,28)(H2,23,24,25,26). The Morgan fingerprint density at radius 1 is 1.43 bits per heavy atom. The molecule has 1 saturated carbocycles. The zero-order chi connectivity index (χ0) is 20.1. The van der Waals surface area contributed by atoms with E-state index in [1.165, 1.54) is 6.20 Å². The minimum atomic E-state index is 0.340. The van der Waals surface area contributed by atoms with Crippen molar-refractivity contribution < 1.29 is 0 Å². The molecule has 8 nitrogen and oxygen atoms in total. The number of allylic oxidation sites excluding steroid dienone is 1. The number of nitrogens with one attached hydrogen (secondary N) is 3. The zero-order valence-electron chi connectivity index (χ0n) is 16.2. The molecule has 1 aliphatic heterocycles. The lowest BCUT2D eigenvalue weighted by Gasteiger charge is -2.22. The summed E-state index contributed by atoms with van der Waals surface area (Å²) < 4.78 is 0. The summed E-state index contributed by atoms with van der Waals surface area (Å²) in [5, 5.41) is 11.1. The van der Waals surface area contributed by atoms with E-state index in [0.717, 1.165) is 37.6 Å². The predicted octanol–water partition coefficient (Wildman–Crippen LogP) is 2.06. The molecular weight excluding hydrogens is 396 g/mol. The van der Waals surface area contributed by atoms with Crippen LogP contribution in [0.3, 0.4) is 0 Å². The SMILES string of the molecule is CCNC(=S)N1CC2CC(Nc3nc(NC(C=NC)=CN)ncc3Cl)CC2C1. The Kier molecular flexibility index (Phi) is 6.90. The first-order valence-electron chi connectivity index (χ1n) is 9.47. The number of likely N-dealkylation sites (tertiary alicyclic amines) is 1. The van der Waals surface area contributed by atoms with Crippen LogP contribution < -0.4 is 21.7 Å². The van der Waals surface area contributed by atoms with Crippen molar-refractivity contribution in [2.75, 3.05) is 37.3 Å². The summed E-state index contributed by atoms with van der Waals surface area (Å²) in [6.07, 6.45) is 6.76. The molecule has 0 radical (unpaired) electrons. The predicted molar refractivity (Wildman–Crippen MR) is 119 cm³/mol. The van der Waals surface area contributed by atoms with Crippen LogP contribution in [0, 0.1) is 11.8 Å². The first-order chi connectivity index (χ1) is 13.5. The molecular formula is C18H27ClN8S. The highest BCUT2D eigenvalue weighted by molar-refractivity contribution is 7.80. The van der Waals surface area contributed by atoms with E-state index in [1.807, 2.05) is 0 Å². The average Bonchev–Trinajstić information content (AvgIpc) is 3.23. The van der Waals surface area contributed by atoms with E-state index in [1.54, 1.807) is 19.5 Å². The van der Waals surface area contributed by atoms with Crippen LogP contribution in [-0.4, -0.2) is 58.9 Å². The van der Waals surface area contributed by atoms with Gasteiger partial charge in [-0.1, -0.05) is 11.6 Å². The molecule has 2 fully saturated rings. The summed E-state index contributed by atoms with van der Waals surface area (Å²) in [5.41, 5.74) is 6.19. The smallest absolute Gasteiger partial charge is 0.229 e. The molecule has 1 aromatic heterocycles. The molecule has 5 N–H and O–H groups in total. The largest absolute Gasteiger partial charge is 0.403 e. The van der Waals surface area contributed by atoms with Gasteiger partial charge < -0.3 is 26.6 Å². The van der Waals surface area contributed by atoms with Crippen LogP contribution in [0.1, 0.15) is 19.8 Å². The maximum atomic E-state index is 6.31. The number of nitrogens with zero attached hydrogens (tertiary/aromatic N) is 4. The summed E-state index contributed by atoms with van der Waals surface area (Å²) in [7, 11) is 1.67. The number of aliphatic imine (C=N–C) groups is 1. The van der Waals surface area contributed by atoms with Crippen LogP contribution in [-0.2, 0) is 0 Å². The maximum Gasteiger partial charge on any atom is 0.229 e. The Morgan fingerprint density at radius 3 is 2.75 bits per heavy atom. The molecule has 2 atom stereocenters. The molecule has 0 amide bonds. The monoisotopic (exact) mass is 422 g/mol. The summed E-state index contributed by atoms with van der Waals surface area (Å²) in [4.78, 5) is 14.9. The van der Waals surface area contributed by atoms with E-state index in [0.29, 0.717) is 40.4 Å². The van der Waals surface area contributed by atoms with Gasteiger partial charge in [0.25, 0.3) is 0 Å². The highest BCUT2D eigenvalue weighted by Crippen LogP contribution is 2.39. The molecule has 0 aromatic carbocycles. The van der Waals surface area contributed by atoms with Crippen molar-refractivity contribution in [3.05, 3.63) is 23.1 Å². The van der Waals surface area contributed by atoms with Crippen molar-refractivity contribution in [2.24, 2.45) is 22.6 Å². The number of nitrogens with two attached hydrogens (primary N) is 1. The Bertz CT molecular complexity index is 754. The van der Waals surface area contributed by atoms with Crippen LogP contribution in [0.4, 0.5) is 11.8 Å². The Balaban J connectivity index is 1.60. The van der Waals surface area contributed by atoms with Gasteiger partial charge in [0, 0.05) is 45.1 Å². The van der Waals surface area contributed by atoms with E-state index in [9.17, 15) is 0 Å². The third kappa shape index (κ3) is 4.82. The molecule has 1 aromatic rings. The fourth-order valence-electron chi connectivity index (χ4n) is 3.95. The van der Waals surface area contributed by atoms with Crippen molar-refractivity contribution in [3.8, 4) is 0 Å². The molecule has 1 saturated heterocycles. The van der Waals surface area contributed by atoms with Gasteiger partial charge in [0.1, 0.15) is 5.02 Å². The minimum absolute atomic E-state index is 0.340. The first-order valence-corrected chi connectivity index (χ1v) is 10.3. The van der Waals surface area contributed by atoms with Gasteiger partial charge in [-0.2, -0.15) is 4.98 Å². The van der Waals surface area contributed by atoms with Crippen LogP contribution in [0.5, 0.6) is 0 Å². The number of halogens is 1. The number of hydrogen-bond acceptors (Lipinski definition) is 7. The molecule has 0 bridgehead atoms. The van der Waals surface area contributed by atoms with Crippen molar-refractivity contribution >= 4 is 46.9 Å². The molecule has 3 rings (SSSR count). The van der Waals surface area contributed by atoms with Gasteiger partial charge in [-0.05, 0) is 43.8 Å². The van der Waals surface area contributed by atoms with E-state index in [-0.39, 0.29) is 0 Å². The van der Waals surface area contributed by atoms with Gasteiger partial charge in [0.2, 0.25) is 5.95 Å². The van der Waals surface area contributed by atoms with Crippen LogP contribution in [0.2, 0.25) is 5.02 Å². The molecule has 2 heterocycles. The second-order valence-corrected chi connectivity index (χ2v) is 7.89. The van der Waals surface area contributed by atoms with E-state index < -0.39 is 0 Å². The van der Waals surface area contributed by atoms with Gasteiger partial charge in [-0.25, -0.2) is 4.98 Å². The lowest BCUT2D eigenvalue weighted by molar-refractivity contribution is 0.449. The second-order valence-electron chi connectivity index (χ2n) is 7.10. The van der Waals surface area contributed by atoms with Crippen molar-refractivity contribution in [1.29, 1.82) is 0 Å². The van der Waals surface area contributed by atoms with Gasteiger partial charge in [-0.15, -0.1) is 0 Å². The second kappa shape index (κ2) is 9.38. The summed E-state index contributed by atoms with van der Waals surface area (Å²) in [6.45, 7) is 4.96.